The van der Waals surface area contributed by atoms with Crippen LogP contribution in [0, 0.1) is 17.2 Å². The highest BCUT2D eigenvalue weighted by atomic mass is 31.2. The van der Waals surface area contributed by atoms with E-state index in [2.05, 4.69) is 11.4 Å². The molecular weight excluding hydrogens is 359 g/mol. The first-order valence-electron chi connectivity index (χ1n) is 10.2. The number of hydrogen-bond acceptors (Lipinski definition) is 5. The highest BCUT2D eigenvalue weighted by molar-refractivity contribution is 7.59. The molecule has 6 heteroatoms. The maximum absolute atomic E-state index is 13.4. The molecule has 0 aromatic heterocycles. The van der Waals surface area contributed by atoms with Crippen LogP contribution in [0.5, 0.6) is 0 Å². The summed E-state index contributed by atoms with van der Waals surface area (Å²) in [5, 5.41) is 12.6. The first kappa shape index (κ1) is 20.6. The van der Waals surface area contributed by atoms with Gasteiger partial charge in [0.1, 0.15) is 0 Å². The highest BCUT2D eigenvalue weighted by Crippen LogP contribution is 2.51. The zero-order valence-electron chi connectivity index (χ0n) is 16.2. The van der Waals surface area contributed by atoms with Crippen molar-refractivity contribution in [2.24, 2.45) is 5.92 Å². The third kappa shape index (κ3) is 5.90. The Bertz CT molecular complexity index is 689. The lowest BCUT2D eigenvalue weighted by Gasteiger charge is -2.34. The van der Waals surface area contributed by atoms with Crippen molar-refractivity contribution >= 4 is 7.37 Å². The van der Waals surface area contributed by atoms with Gasteiger partial charge >= 0.3 is 0 Å². The van der Waals surface area contributed by atoms with Crippen LogP contribution >= 0.6 is 7.37 Å². The minimum atomic E-state index is -2.67. The number of hydrogen-bond donors (Lipinski definition) is 1. The van der Waals surface area contributed by atoms with Gasteiger partial charge in [0.25, 0.3) is 0 Å². The summed E-state index contributed by atoms with van der Waals surface area (Å²) in [4.78, 5) is 0. The predicted octanol–water partition coefficient (Wildman–Crippen LogP) is 4.48. The summed E-state index contributed by atoms with van der Waals surface area (Å²) in [7, 11) is -2.67. The molecule has 2 aliphatic rings. The molecule has 5 nitrogen and oxygen atoms in total. The van der Waals surface area contributed by atoms with E-state index in [1.54, 1.807) is 6.07 Å². The monoisotopic (exact) mass is 390 g/mol. The van der Waals surface area contributed by atoms with Crippen molar-refractivity contribution in [3.05, 3.63) is 35.4 Å². The van der Waals surface area contributed by atoms with E-state index in [-0.39, 0.29) is 12.1 Å². The Hall–Kier alpha value is -1.18. The number of ether oxygens (including phenoxy) is 1. The molecule has 0 spiro atoms. The van der Waals surface area contributed by atoms with Gasteiger partial charge in [-0.3, -0.25) is 4.57 Å². The quantitative estimate of drug-likeness (QED) is 0.695. The number of nitrogens with one attached hydrogen (secondary N) is 1. The summed E-state index contributed by atoms with van der Waals surface area (Å²) >= 11 is 0. The van der Waals surface area contributed by atoms with Crippen molar-refractivity contribution < 1.29 is 13.8 Å². The van der Waals surface area contributed by atoms with Crippen molar-refractivity contribution in [3.8, 4) is 6.07 Å². The minimum absolute atomic E-state index is 0.0689. The third-order valence-corrected chi connectivity index (χ3v) is 8.38. The van der Waals surface area contributed by atoms with Gasteiger partial charge in [-0.05, 0) is 43.4 Å². The molecule has 0 bridgehead atoms. The average molecular weight is 390 g/mol. The lowest BCUT2D eigenvalue weighted by molar-refractivity contribution is 0.0151. The third-order valence-electron chi connectivity index (χ3n) is 5.62. The van der Waals surface area contributed by atoms with E-state index in [1.807, 2.05) is 25.1 Å². The van der Waals surface area contributed by atoms with Gasteiger partial charge in [-0.15, -0.1) is 0 Å². The van der Waals surface area contributed by atoms with Crippen molar-refractivity contribution in [1.82, 2.24) is 5.32 Å². The average Bonchev–Trinajstić information content (AvgIpc) is 2.69. The molecule has 1 N–H and O–H groups in total. The SMILES string of the molecule is CCOP(=O)(CC1CCCCC1)CC1CNC(c2cccc(C#N)c2)CO1. The Labute approximate surface area is 162 Å². The van der Waals surface area contributed by atoms with Gasteiger partial charge in [-0.1, -0.05) is 31.4 Å². The number of rotatable bonds is 7. The molecular formula is C21H31N2O3P. The van der Waals surface area contributed by atoms with Gasteiger partial charge in [0.15, 0.2) is 0 Å². The molecule has 27 heavy (non-hydrogen) atoms. The number of nitriles is 1. The van der Waals surface area contributed by atoms with Crippen LogP contribution in [0.4, 0.5) is 0 Å². The second-order valence-electron chi connectivity index (χ2n) is 7.75. The Balaban J connectivity index is 1.55. The predicted molar refractivity (Wildman–Crippen MR) is 107 cm³/mol. The smallest absolute Gasteiger partial charge is 0.206 e. The fraction of sp³-hybridized carbons (Fsp3) is 0.667. The second-order valence-corrected chi connectivity index (χ2v) is 10.4. The van der Waals surface area contributed by atoms with Crippen LogP contribution in [0.3, 0.4) is 0 Å². The van der Waals surface area contributed by atoms with E-state index in [9.17, 15) is 4.57 Å². The molecule has 1 heterocycles. The molecule has 1 saturated heterocycles. The van der Waals surface area contributed by atoms with E-state index in [1.165, 1.54) is 32.1 Å². The normalized spacial score (nSPS) is 26.2. The molecule has 1 saturated carbocycles. The van der Waals surface area contributed by atoms with Crippen molar-refractivity contribution in [2.45, 2.75) is 51.2 Å². The number of morpholine rings is 1. The summed E-state index contributed by atoms with van der Waals surface area (Å²) in [6, 6.07) is 9.86. The van der Waals surface area contributed by atoms with E-state index in [0.717, 1.165) is 5.56 Å². The molecule has 2 fully saturated rings. The summed E-state index contributed by atoms with van der Waals surface area (Å²) < 4.78 is 25.3. The standard InChI is InChI=1S/C21H31N2O3P/c1-2-26-27(24,15-17-7-4-3-5-8-17)16-20-13-23-21(14-25-20)19-10-6-9-18(11-19)12-22/h6,9-11,17,20-21,23H,2-5,7-8,13-16H2,1H3. The van der Waals surface area contributed by atoms with Crippen LogP contribution in [-0.4, -0.2) is 38.2 Å². The largest absolute Gasteiger partial charge is 0.374 e. The summed E-state index contributed by atoms with van der Waals surface area (Å²) in [5.74, 6) is 0.536. The molecule has 3 atom stereocenters. The van der Waals surface area contributed by atoms with Crippen LogP contribution in [0.1, 0.15) is 56.2 Å². The maximum atomic E-state index is 13.4. The summed E-state index contributed by atoms with van der Waals surface area (Å²) in [5.41, 5.74) is 1.72. The van der Waals surface area contributed by atoms with Crippen LogP contribution in [-0.2, 0) is 13.8 Å². The Morgan fingerprint density at radius 1 is 1.30 bits per heavy atom. The number of benzene rings is 1. The Morgan fingerprint density at radius 2 is 2.11 bits per heavy atom. The maximum Gasteiger partial charge on any atom is 0.206 e. The van der Waals surface area contributed by atoms with Crippen molar-refractivity contribution in [1.29, 1.82) is 5.26 Å². The van der Waals surface area contributed by atoms with Gasteiger partial charge in [0.05, 0.1) is 43.2 Å². The van der Waals surface area contributed by atoms with E-state index in [4.69, 9.17) is 14.5 Å². The number of nitrogens with zero attached hydrogens (tertiary/aromatic N) is 1. The lowest BCUT2D eigenvalue weighted by atomic mass is 9.91. The molecule has 1 aromatic carbocycles. The topological polar surface area (TPSA) is 71.3 Å². The van der Waals surface area contributed by atoms with Crippen molar-refractivity contribution in [2.75, 3.05) is 32.1 Å². The van der Waals surface area contributed by atoms with E-state index < -0.39 is 7.37 Å². The van der Waals surface area contributed by atoms with Crippen LogP contribution < -0.4 is 5.32 Å². The molecule has 1 aromatic rings. The van der Waals surface area contributed by atoms with Gasteiger partial charge in [-0.2, -0.15) is 5.26 Å². The van der Waals surface area contributed by atoms with Crippen LogP contribution in [0.2, 0.25) is 0 Å². The summed E-state index contributed by atoms with van der Waals surface area (Å²) in [6.07, 6.45) is 7.28. The Morgan fingerprint density at radius 3 is 2.78 bits per heavy atom. The van der Waals surface area contributed by atoms with Crippen molar-refractivity contribution in [3.63, 3.8) is 0 Å². The fourth-order valence-corrected chi connectivity index (χ4v) is 7.11. The zero-order chi connectivity index (χ0) is 19.1. The molecule has 148 valence electrons. The highest BCUT2D eigenvalue weighted by Gasteiger charge is 2.34. The molecule has 3 unspecified atom stereocenters. The molecule has 1 aliphatic carbocycles. The lowest BCUT2D eigenvalue weighted by Crippen LogP contribution is -2.43. The Kier molecular flexibility index (Phi) is 7.49. The van der Waals surface area contributed by atoms with Gasteiger partial charge in [0.2, 0.25) is 7.37 Å². The molecule has 3 rings (SSSR count). The van der Waals surface area contributed by atoms with Gasteiger partial charge < -0.3 is 14.6 Å². The van der Waals surface area contributed by atoms with E-state index in [0.29, 0.717) is 43.6 Å². The van der Waals surface area contributed by atoms with Gasteiger partial charge in [0, 0.05) is 12.7 Å². The minimum Gasteiger partial charge on any atom is -0.374 e. The molecule has 1 aliphatic heterocycles. The first-order valence-corrected chi connectivity index (χ1v) is 12.2. The van der Waals surface area contributed by atoms with E-state index >= 15 is 0 Å². The molecule has 0 amide bonds. The van der Waals surface area contributed by atoms with Gasteiger partial charge in [-0.25, -0.2) is 0 Å². The zero-order valence-corrected chi connectivity index (χ0v) is 17.1. The second kappa shape index (κ2) is 9.85. The summed E-state index contributed by atoms with van der Waals surface area (Å²) in [6.45, 7) is 3.59. The van der Waals surface area contributed by atoms with Crippen LogP contribution in [0.25, 0.3) is 0 Å². The fourth-order valence-electron chi connectivity index (χ4n) is 4.27. The molecule has 0 radical (unpaired) electrons. The first-order chi connectivity index (χ1) is 13.1. The van der Waals surface area contributed by atoms with Crippen LogP contribution in [0.15, 0.2) is 24.3 Å².